The van der Waals surface area contributed by atoms with E-state index in [1.807, 2.05) is 6.08 Å². The summed E-state index contributed by atoms with van der Waals surface area (Å²) in [6.07, 6.45) is 4.52. The minimum absolute atomic E-state index is 0.0176. The van der Waals surface area contributed by atoms with Crippen molar-refractivity contribution in [3.05, 3.63) is 23.5 Å². The predicted octanol–water partition coefficient (Wildman–Crippen LogP) is 2.30. The molecule has 1 aliphatic carbocycles. The van der Waals surface area contributed by atoms with Crippen molar-refractivity contribution in [2.24, 2.45) is 0 Å². The molecule has 0 bridgehead atoms. The summed E-state index contributed by atoms with van der Waals surface area (Å²) < 4.78 is 5.23. The molecule has 0 aromatic carbocycles. The molecule has 2 aliphatic rings. The summed E-state index contributed by atoms with van der Waals surface area (Å²) in [7, 11) is 3.26. The van der Waals surface area contributed by atoms with Gasteiger partial charge < -0.3 is 9.64 Å². The summed E-state index contributed by atoms with van der Waals surface area (Å²) in [5.41, 5.74) is 0.706. The van der Waals surface area contributed by atoms with Gasteiger partial charge in [-0.3, -0.25) is 10.1 Å². The number of hydrogen-bond donors (Lipinski definition) is 1. The van der Waals surface area contributed by atoms with E-state index in [0.717, 1.165) is 11.3 Å². The topological polar surface area (TPSA) is 58.6 Å². The largest absolute Gasteiger partial charge is 0.414 e. The molecular weight excluding hydrogens is 288 g/mol. The van der Waals surface area contributed by atoms with Crippen LogP contribution in [0.5, 0.6) is 0 Å². The smallest absolute Gasteiger partial charge is 0.411 e. The molecule has 6 heteroatoms. The first-order chi connectivity index (χ1) is 9.78. The van der Waals surface area contributed by atoms with Crippen molar-refractivity contribution < 1.29 is 14.3 Å². The van der Waals surface area contributed by atoms with Gasteiger partial charge in [0.1, 0.15) is 11.1 Å². The molecule has 1 saturated heterocycles. The van der Waals surface area contributed by atoms with Crippen molar-refractivity contribution >= 4 is 23.6 Å². The van der Waals surface area contributed by atoms with Gasteiger partial charge in [-0.05, 0) is 38.8 Å². The lowest BCUT2D eigenvalue weighted by Gasteiger charge is -2.20. The van der Waals surface area contributed by atoms with Gasteiger partial charge in [0.05, 0.1) is 0 Å². The molecule has 0 unspecified atom stereocenters. The maximum atomic E-state index is 12.5. The molecule has 0 saturated carbocycles. The summed E-state index contributed by atoms with van der Waals surface area (Å²) in [5.74, 6) is 1.47. The maximum absolute atomic E-state index is 12.5. The number of carbonyl (C=O) groups excluding carboxylic acids is 2. The molecule has 1 atom stereocenters. The Bertz CT molecular complexity index is 509. The second kappa shape index (κ2) is 6.23. The maximum Gasteiger partial charge on any atom is 0.414 e. The van der Waals surface area contributed by atoms with Gasteiger partial charge in [0.25, 0.3) is 0 Å². The molecule has 1 fully saturated rings. The average Bonchev–Trinajstić information content (AvgIpc) is 2.78. The van der Waals surface area contributed by atoms with Gasteiger partial charge in [0, 0.05) is 31.0 Å². The second-order valence-electron chi connectivity index (χ2n) is 6.16. The standard InChI is InChI=1S/C15H22N2O3S/c1-15(2)9-21-13(16-15)12(18)10-6-5-7-11(8-10)20-14(19)17(3)4/h7-8,13,16H,5-6,9H2,1-4H3/t13-/m0/s1. The van der Waals surface area contributed by atoms with Crippen molar-refractivity contribution in [3.8, 4) is 0 Å². The van der Waals surface area contributed by atoms with Gasteiger partial charge in [-0.1, -0.05) is 0 Å². The molecule has 1 aliphatic heterocycles. The van der Waals surface area contributed by atoms with Gasteiger partial charge >= 0.3 is 6.09 Å². The Morgan fingerprint density at radius 3 is 2.71 bits per heavy atom. The van der Waals surface area contributed by atoms with Gasteiger partial charge in [-0.15, -0.1) is 11.8 Å². The van der Waals surface area contributed by atoms with Crippen LogP contribution in [0.4, 0.5) is 4.79 Å². The van der Waals surface area contributed by atoms with E-state index in [-0.39, 0.29) is 16.7 Å². The molecule has 2 rings (SSSR count). The quantitative estimate of drug-likeness (QED) is 0.867. The number of thioether (sulfide) groups is 1. The second-order valence-corrected chi connectivity index (χ2v) is 7.25. The van der Waals surface area contributed by atoms with E-state index in [0.29, 0.717) is 18.6 Å². The Labute approximate surface area is 129 Å². The Morgan fingerprint density at radius 2 is 2.14 bits per heavy atom. The number of ketones is 1. The molecule has 0 aromatic heterocycles. The van der Waals surface area contributed by atoms with Gasteiger partial charge in [-0.2, -0.15) is 0 Å². The van der Waals surface area contributed by atoms with Crippen LogP contribution >= 0.6 is 11.8 Å². The SMILES string of the molecule is CN(C)C(=O)OC1=CCCC(C(=O)[C@H]2NC(C)(C)CS2)=C1. The van der Waals surface area contributed by atoms with Gasteiger partial charge in [0.2, 0.25) is 0 Å². The molecule has 5 nitrogen and oxygen atoms in total. The predicted molar refractivity (Wildman–Crippen MR) is 84.0 cm³/mol. The molecule has 1 N–H and O–H groups in total. The van der Waals surface area contributed by atoms with Crippen LogP contribution < -0.4 is 5.32 Å². The molecular formula is C15H22N2O3S. The van der Waals surface area contributed by atoms with Crippen LogP contribution in [0.25, 0.3) is 0 Å². The lowest BCUT2D eigenvalue weighted by atomic mass is 9.99. The number of amides is 1. The summed E-state index contributed by atoms with van der Waals surface area (Å²) in [5, 5.41) is 3.14. The highest BCUT2D eigenvalue weighted by Crippen LogP contribution is 2.30. The number of nitrogens with one attached hydrogen (secondary N) is 1. The van der Waals surface area contributed by atoms with E-state index in [1.54, 1.807) is 31.9 Å². The Kier molecular flexibility index (Phi) is 4.78. The zero-order chi connectivity index (χ0) is 15.6. The minimum atomic E-state index is -0.430. The van der Waals surface area contributed by atoms with Gasteiger partial charge in [0.15, 0.2) is 5.78 Å². The van der Waals surface area contributed by atoms with E-state index >= 15 is 0 Å². The van der Waals surface area contributed by atoms with Crippen molar-refractivity contribution in [2.75, 3.05) is 19.8 Å². The fourth-order valence-corrected chi connectivity index (χ4v) is 3.54. The first-order valence-electron chi connectivity index (χ1n) is 7.02. The monoisotopic (exact) mass is 310 g/mol. The van der Waals surface area contributed by atoms with Crippen molar-refractivity contribution in [1.82, 2.24) is 10.2 Å². The lowest BCUT2D eigenvalue weighted by Crippen LogP contribution is -2.42. The fraction of sp³-hybridized carbons (Fsp3) is 0.600. The number of nitrogens with zero attached hydrogens (tertiary/aromatic N) is 1. The number of carbonyl (C=O) groups is 2. The zero-order valence-electron chi connectivity index (χ0n) is 12.9. The van der Waals surface area contributed by atoms with Crippen LogP contribution in [-0.4, -0.2) is 47.5 Å². The number of ether oxygens (including phenoxy) is 1. The third kappa shape index (κ3) is 4.11. The summed E-state index contributed by atoms with van der Waals surface area (Å²) in [4.78, 5) is 25.4. The fourth-order valence-electron chi connectivity index (χ4n) is 2.17. The highest BCUT2D eigenvalue weighted by Gasteiger charge is 2.36. The van der Waals surface area contributed by atoms with Crippen LogP contribution in [0.1, 0.15) is 26.7 Å². The Morgan fingerprint density at radius 1 is 1.43 bits per heavy atom. The van der Waals surface area contributed by atoms with E-state index in [9.17, 15) is 9.59 Å². The lowest BCUT2D eigenvalue weighted by molar-refractivity contribution is -0.115. The molecule has 1 heterocycles. The van der Waals surface area contributed by atoms with Crippen molar-refractivity contribution in [2.45, 2.75) is 37.6 Å². The highest BCUT2D eigenvalue weighted by molar-refractivity contribution is 8.00. The number of rotatable bonds is 3. The molecule has 1 amide bonds. The molecule has 0 spiro atoms. The molecule has 0 aromatic rings. The average molecular weight is 310 g/mol. The van der Waals surface area contributed by atoms with Gasteiger partial charge in [-0.25, -0.2) is 4.79 Å². The van der Waals surface area contributed by atoms with Crippen LogP contribution in [-0.2, 0) is 9.53 Å². The summed E-state index contributed by atoms with van der Waals surface area (Å²) >= 11 is 1.63. The molecule has 116 valence electrons. The number of Topliss-reactive ketones (excluding diaryl/α,β-unsaturated/α-hetero) is 1. The van der Waals surface area contributed by atoms with E-state index in [2.05, 4.69) is 19.2 Å². The third-order valence-electron chi connectivity index (χ3n) is 3.33. The Hall–Kier alpha value is -1.27. The van der Waals surface area contributed by atoms with Crippen molar-refractivity contribution in [3.63, 3.8) is 0 Å². The van der Waals surface area contributed by atoms with E-state index in [1.165, 1.54) is 4.90 Å². The summed E-state index contributed by atoms with van der Waals surface area (Å²) in [6, 6.07) is 0. The number of hydrogen-bond acceptors (Lipinski definition) is 5. The first-order valence-corrected chi connectivity index (χ1v) is 8.07. The van der Waals surface area contributed by atoms with Crippen LogP contribution in [0.2, 0.25) is 0 Å². The van der Waals surface area contributed by atoms with E-state index < -0.39 is 6.09 Å². The first kappa shape index (κ1) is 16.1. The van der Waals surface area contributed by atoms with Crippen LogP contribution in [0, 0.1) is 0 Å². The normalized spacial score (nSPS) is 24.1. The molecule has 21 heavy (non-hydrogen) atoms. The third-order valence-corrected chi connectivity index (χ3v) is 4.89. The van der Waals surface area contributed by atoms with Crippen molar-refractivity contribution in [1.29, 1.82) is 0 Å². The summed E-state index contributed by atoms with van der Waals surface area (Å²) in [6.45, 7) is 4.18. The molecule has 0 radical (unpaired) electrons. The van der Waals surface area contributed by atoms with Crippen LogP contribution in [0.15, 0.2) is 23.5 Å². The van der Waals surface area contributed by atoms with E-state index in [4.69, 9.17) is 4.74 Å². The zero-order valence-corrected chi connectivity index (χ0v) is 13.8. The highest BCUT2D eigenvalue weighted by atomic mass is 32.2. The minimum Gasteiger partial charge on any atom is -0.411 e. The van der Waals surface area contributed by atoms with Crippen LogP contribution in [0.3, 0.4) is 0 Å². The number of allylic oxidation sites excluding steroid dienone is 2. The Balaban J connectivity index is 2.03.